The number of nitrogens with zero attached hydrogens (tertiary/aromatic N) is 1. The molecule has 7 heteroatoms. The Morgan fingerprint density at radius 2 is 1.33 bits per heavy atom. The zero-order valence-corrected chi connectivity index (χ0v) is 16.5. The Morgan fingerprint density at radius 3 is 1.97 bits per heavy atom. The number of ketones is 2. The van der Waals surface area contributed by atoms with Crippen LogP contribution in [0.5, 0.6) is 0 Å². The molecule has 1 aliphatic rings. The number of allylic oxidation sites excluding steroid dienone is 1. The minimum Gasteiger partial charge on any atom is -0.871 e. The molecule has 6 nitrogen and oxygen atoms in total. The third-order valence-electron chi connectivity index (χ3n) is 4.80. The summed E-state index contributed by atoms with van der Waals surface area (Å²) in [6, 6.07) is 21.7. The lowest BCUT2D eigenvalue weighted by molar-refractivity contribution is -0.245. The third-order valence-corrected chi connectivity index (χ3v) is 6.60. The molecule has 0 N–H and O–H groups in total. The van der Waals surface area contributed by atoms with Crippen LogP contribution in [-0.2, 0) is 10.0 Å². The first kappa shape index (κ1) is 19.6. The van der Waals surface area contributed by atoms with Crippen LogP contribution in [0.25, 0.3) is 5.76 Å². The van der Waals surface area contributed by atoms with Gasteiger partial charge in [-0.3, -0.25) is 13.9 Å². The molecule has 150 valence electrons. The number of hydrogen-bond acceptors (Lipinski definition) is 5. The van der Waals surface area contributed by atoms with E-state index in [2.05, 4.69) is 0 Å². The van der Waals surface area contributed by atoms with Crippen molar-refractivity contribution in [3.8, 4) is 0 Å². The molecule has 1 heterocycles. The second kappa shape index (κ2) is 7.61. The first-order valence-corrected chi connectivity index (χ1v) is 10.6. The smallest absolute Gasteiger partial charge is 0.265 e. The van der Waals surface area contributed by atoms with Gasteiger partial charge in [0.15, 0.2) is 5.78 Å². The Labute approximate surface area is 173 Å². The van der Waals surface area contributed by atoms with Crippen LogP contribution in [0.15, 0.2) is 95.5 Å². The van der Waals surface area contributed by atoms with Crippen LogP contribution < -0.4 is 5.11 Å². The lowest BCUT2D eigenvalue weighted by Gasteiger charge is -2.34. The van der Waals surface area contributed by atoms with E-state index >= 15 is 0 Å². The quantitative estimate of drug-likeness (QED) is 0.369. The van der Waals surface area contributed by atoms with Crippen molar-refractivity contribution in [3.05, 3.63) is 107 Å². The van der Waals surface area contributed by atoms with Gasteiger partial charge in [-0.05, 0) is 17.7 Å². The highest BCUT2D eigenvalue weighted by molar-refractivity contribution is 7.89. The van der Waals surface area contributed by atoms with E-state index in [1.54, 1.807) is 48.5 Å². The van der Waals surface area contributed by atoms with E-state index < -0.39 is 39.6 Å². The van der Waals surface area contributed by atoms with Crippen LogP contribution in [0, 0.1) is 0 Å². The topological polar surface area (TPSA) is 94.6 Å². The maximum absolute atomic E-state index is 13.3. The zero-order chi connectivity index (χ0) is 21.3. The molecule has 3 aromatic carbocycles. The summed E-state index contributed by atoms with van der Waals surface area (Å²) in [6.07, 6.45) is 0. The molecule has 0 aliphatic carbocycles. The molecular weight excluding hydrogens is 402 g/mol. The molecule has 0 radical (unpaired) electrons. The summed E-state index contributed by atoms with van der Waals surface area (Å²) in [7, 11) is -4.29. The number of rotatable bonds is 4. The van der Waals surface area contributed by atoms with E-state index in [9.17, 15) is 23.1 Å². The van der Waals surface area contributed by atoms with Crippen molar-refractivity contribution in [1.82, 2.24) is 4.31 Å². The van der Waals surface area contributed by atoms with Gasteiger partial charge in [-0.2, -0.15) is 0 Å². The van der Waals surface area contributed by atoms with Crippen LogP contribution >= 0.6 is 0 Å². The van der Waals surface area contributed by atoms with Gasteiger partial charge in [0.1, 0.15) is 0 Å². The molecule has 0 saturated carbocycles. The number of carbonyl (C=O) groups is 2. The van der Waals surface area contributed by atoms with Gasteiger partial charge in [0, 0.05) is 11.1 Å². The predicted molar refractivity (Wildman–Crippen MR) is 109 cm³/mol. The van der Waals surface area contributed by atoms with Gasteiger partial charge in [0.25, 0.3) is 10.0 Å². The average Bonchev–Trinajstić information content (AvgIpc) is 2.78. The number of benzene rings is 3. The highest BCUT2D eigenvalue weighted by Crippen LogP contribution is 2.34. The van der Waals surface area contributed by atoms with Gasteiger partial charge in [-0.25, -0.2) is 8.42 Å². The molecule has 0 fully saturated rings. The Morgan fingerprint density at radius 1 is 0.800 bits per heavy atom. The average molecular weight is 418 g/mol. The van der Waals surface area contributed by atoms with Gasteiger partial charge >= 0.3 is 0 Å². The van der Waals surface area contributed by atoms with Gasteiger partial charge < -0.3 is 5.11 Å². The minimum absolute atomic E-state index is 0.0832. The standard InChI is InChI=1S/C23H17NO5S/c25-19(16-9-3-1-4-10-16)15-24-21(22(26)17-11-5-2-6-12-17)23(27)18-13-7-8-14-20(18)30(24,28)29/h1-14,26H,15H2/p-1/b22-21+. The molecule has 0 bridgehead atoms. The predicted octanol–water partition coefficient (Wildman–Crippen LogP) is 2.49. The SMILES string of the molecule is O=C(CN1/C(=C(/[O-])c2ccccc2)C(=O)c2ccccc2S1(=O)=O)c1ccccc1. The fourth-order valence-corrected chi connectivity index (χ4v) is 4.93. The first-order chi connectivity index (χ1) is 14.4. The molecular formula is C23H16NO5S-. The van der Waals surface area contributed by atoms with Crippen LogP contribution in [-0.4, -0.2) is 30.8 Å². The molecule has 0 unspecified atom stereocenters. The largest absolute Gasteiger partial charge is 0.871 e. The fourth-order valence-electron chi connectivity index (χ4n) is 3.31. The molecule has 0 amide bonds. The highest BCUT2D eigenvalue weighted by atomic mass is 32.2. The summed E-state index contributed by atoms with van der Waals surface area (Å²) >= 11 is 0. The monoisotopic (exact) mass is 418 g/mol. The van der Waals surface area contributed by atoms with Crippen molar-refractivity contribution in [1.29, 1.82) is 0 Å². The summed E-state index contributed by atoms with van der Waals surface area (Å²) in [4.78, 5) is 25.7. The van der Waals surface area contributed by atoms with Gasteiger partial charge in [0.05, 0.1) is 17.1 Å². The van der Waals surface area contributed by atoms with Crippen molar-refractivity contribution in [3.63, 3.8) is 0 Å². The molecule has 0 spiro atoms. The minimum atomic E-state index is -4.29. The number of carbonyl (C=O) groups excluding carboxylic acids is 2. The molecule has 4 rings (SSSR count). The van der Waals surface area contributed by atoms with Crippen molar-refractivity contribution in [2.75, 3.05) is 6.54 Å². The first-order valence-electron chi connectivity index (χ1n) is 9.12. The molecule has 1 aliphatic heterocycles. The highest BCUT2D eigenvalue weighted by Gasteiger charge is 2.40. The van der Waals surface area contributed by atoms with Crippen molar-refractivity contribution in [2.45, 2.75) is 4.90 Å². The Hall–Kier alpha value is -3.71. The van der Waals surface area contributed by atoms with E-state index in [0.29, 0.717) is 4.31 Å². The fraction of sp³-hybridized carbons (Fsp3) is 0.0435. The number of hydrogen-bond donors (Lipinski definition) is 0. The number of Topliss-reactive ketones (excluding diaryl/α,β-unsaturated/α-hetero) is 2. The van der Waals surface area contributed by atoms with E-state index in [1.165, 1.54) is 36.4 Å². The molecule has 0 saturated heterocycles. The molecule has 30 heavy (non-hydrogen) atoms. The summed E-state index contributed by atoms with van der Waals surface area (Å²) in [5.74, 6) is -2.00. The maximum Gasteiger partial charge on any atom is 0.265 e. The summed E-state index contributed by atoms with van der Waals surface area (Å²) in [6.45, 7) is -0.652. The third kappa shape index (κ3) is 3.29. The van der Waals surface area contributed by atoms with Crippen LogP contribution in [0.4, 0.5) is 0 Å². The van der Waals surface area contributed by atoms with Crippen LogP contribution in [0.2, 0.25) is 0 Å². The van der Waals surface area contributed by atoms with Gasteiger partial charge in [-0.15, -0.1) is 0 Å². The summed E-state index contributed by atoms with van der Waals surface area (Å²) in [5.41, 5.74) is -0.192. The van der Waals surface area contributed by atoms with Crippen molar-refractivity contribution in [2.24, 2.45) is 0 Å². The van der Waals surface area contributed by atoms with E-state index in [1.807, 2.05) is 0 Å². The van der Waals surface area contributed by atoms with Gasteiger partial charge in [0.2, 0.25) is 5.78 Å². The number of fused-ring (bicyclic) bond motifs is 1. The summed E-state index contributed by atoms with van der Waals surface area (Å²) < 4.78 is 27.3. The van der Waals surface area contributed by atoms with E-state index in [4.69, 9.17) is 0 Å². The Kier molecular flexibility index (Phi) is 4.97. The second-order valence-electron chi connectivity index (χ2n) is 6.67. The molecule has 3 aromatic rings. The Balaban J connectivity index is 1.91. The second-order valence-corrected chi connectivity index (χ2v) is 8.50. The van der Waals surface area contributed by atoms with Crippen molar-refractivity contribution < 1.29 is 23.1 Å². The van der Waals surface area contributed by atoms with Crippen LogP contribution in [0.1, 0.15) is 26.3 Å². The van der Waals surface area contributed by atoms with Crippen molar-refractivity contribution >= 4 is 27.3 Å². The van der Waals surface area contributed by atoms with Gasteiger partial charge in [-0.1, -0.05) is 78.6 Å². The lowest BCUT2D eigenvalue weighted by atomic mass is 10.0. The zero-order valence-electron chi connectivity index (χ0n) is 15.7. The summed E-state index contributed by atoms with van der Waals surface area (Å²) in [5, 5.41) is 13.2. The number of sulfonamides is 1. The van der Waals surface area contributed by atoms with E-state index in [0.717, 1.165) is 0 Å². The molecule has 0 atom stereocenters. The Bertz CT molecular complexity index is 1270. The maximum atomic E-state index is 13.3. The lowest BCUT2D eigenvalue weighted by Crippen LogP contribution is -2.43. The molecule has 0 aromatic heterocycles. The van der Waals surface area contributed by atoms with E-state index in [-0.39, 0.29) is 21.6 Å². The van der Waals surface area contributed by atoms with Crippen LogP contribution in [0.3, 0.4) is 0 Å². The normalized spacial score (nSPS) is 16.7.